The summed E-state index contributed by atoms with van der Waals surface area (Å²) in [4.78, 5) is 37.9. The summed E-state index contributed by atoms with van der Waals surface area (Å²) < 4.78 is 5.92. The Morgan fingerprint density at radius 1 is 1.18 bits per heavy atom. The van der Waals surface area contributed by atoms with Crippen LogP contribution in [0.25, 0.3) is 0 Å². The first-order valence-corrected chi connectivity index (χ1v) is 10.00. The van der Waals surface area contributed by atoms with Crippen molar-refractivity contribution < 1.29 is 24.2 Å². The van der Waals surface area contributed by atoms with Crippen molar-refractivity contribution >= 4 is 33.4 Å². The number of benzene rings is 2. The number of halogens is 1. The van der Waals surface area contributed by atoms with Gasteiger partial charge in [-0.05, 0) is 17.5 Å². The third-order valence-electron chi connectivity index (χ3n) is 5.40. The molecular weight excluding hydrogens is 426 g/mol. The zero-order chi connectivity index (χ0) is 20.3. The van der Waals surface area contributed by atoms with Gasteiger partial charge in [0.15, 0.2) is 0 Å². The second-order valence-electron chi connectivity index (χ2n) is 7.29. The van der Waals surface area contributed by atoms with Gasteiger partial charge in [0.1, 0.15) is 5.75 Å². The fraction of sp³-hybridized carbons (Fsp3) is 0.286. The van der Waals surface area contributed by atoms with Crippen molar-refractivity contribution in [2.24, 2.45) is 0 Å². The first kappa shape index (κ1) is 18.8. The van der Waals surface area contributed by atoms with Gasteiger partial charge in [-0.25, -0.2) is 0 Å². The smallest absolute Gasteiger partial charge is 0.289 e. The molecule has 1 aliphatic heterocycles. The highest BCUT2D eigenvalue weighted by Crippen LogP contribution is 2.58. The summed E-state index contributed by atoms with van der Waals surface area (Å²) in [5, 5.41) is 13.9. The highest BCUT2D eigenvalue weighted by Gasteiger charge is 2.71. The molecule has 1 aliphatic carbocycles. The van der Waals surface area contributed by atoms with Crippen LogP contribution in [0.5, 0.6) is 5.75 Å². The standard InChI is InChI=1S/C21H18BrNO5/c1-11(2)12-7-8-15-17(9-12)28-21(27)14-6-4-3-5-13(14)18(25)20(15,21)23-19(26)16(24)10-22/h3-9,11,27H,10H2,1-2H3,(H,23,26). The number of Topliss-reactive ketones (excluding diaryl/α,β-unsaturated/α-hetero) is 2. The Kier molecular flexibility index (Phi) is 4.21. The highest BCUT2D eigenvalue weighted by molar-refractivity contribution is 9.09. The molecule has 0 radical (unpaired) electrons. The summed E-state index contributed by atoms with van der Waals surface area (Å²) in [7, 11) is 0. The van der Waals surface area contributed by atoms with Crippen LogP contribution < -0.4 is 10.1 Å². The molecule has 0 saturated heterocycles. The number of amides is 1. The fourth-order valence-electron chi connectivity index (χ4n) is 3.93. The van der Waals surface area contributed by atoms with Crippen LogP contribution in [0.15, 0.2) is 42.5 Å². The molecule has 2 aliphatic rings. The van der Waals surface area contributed by atoms with Crippen LogP contribution in [0.2, 0.25) is 0 Å². The molecule has 2 aromatic carbocycles. The van der Waals surface area contributed by atoms with Gasteiger partial charge in [-0.1, -0.05) is 66.2 Å². The number of alkyl halides is 1. The van der Waals surface area contributed by atoms with Crippen LogP contribution in [0.3, 0.4) is 0 Å². The molecule has 0 spiro atoms. The Hall–Kier alpha value is -2.51. The lowest BCUT2D eigenvalue weighted by Gasteiger charge is -2.34. The third-order valence-corrected chi connectivity index (χ3v) is 5.90. The number of carbonyl (C=O) groups is 3. The molecular formula is C21H18BrNO5. The van der Waals surface area contributed by atoms with Gasteiger partial charge in [0.05, 0.1) is 5.33 Å². The normalized spacial score (nSPS) is 24.4. The largest absolute Gasteiger partial charge is 0.454 e. The van der Waals surface area contributed by atoms with Crippen LogP contribution >= 0.6 is 15.9 Å². The van der Waals surface area contributed by atoms with Crippen molar-refractivity contribution in [3.63, 3.8) is 0 Å². The minimum absolute atomic E-state index is 0.200. The molecule has 1 amide bonds. The maximum Gasteiger partial charge on any atom is 0.289 e. The van der Waals surface area contributed by atoms with Crippen molar-refractivity contribution in [1.82, 2.24) is 5.32 Å². The molecule has 6 nitrogen and oxygen atoms in total. The van der Waals surface area contributed by atoms with E-state index in [-0.39, 0.29) is 22.4 Å². The lowest BCUT2D eigenvalue weighted by molar-refractivity contribution is -0.175. The van der Waals surface area contributed by atoms with E-state index < -0.39 is 28.8 Å². The molecule has 28 heavy (non-hydrogen) atoms. The van der Waals surface area contributed by atoms with E-state index in [1.54, 1.807) is 36.4 Å². The average molecular weight is 444 g/mol. The molecule has 2 unspecified atom stereocenters. The van der Waals surface area contributed by atoms with Crippen molar-refractivity contribution in [3.05, 3.63) is 64.7 Å². The minimum atomic E-state index is -2.14. The number of carbonyl (C=O) groups excluding carboxylic acids is 3. The van der Waals surface area contributed by atoms with Gasteiger partial charge >= 0.3 is 0 Å². The highest BCUT2D eigenvalue weighted by atomic mass is 79.9. The predicted octanol–water partition coefficient (Wildman–Crippen LogP) is 2.52. The van der Waals surface area contributed by atoms with Crippen molar-refractivity contribution in [1.29, 1.82) is 0 Å². The van der Waals surface area contributed by atoms with Gasteiger partial charge in [0.25, 0.3) is 11.7 Å². The van der Waals surface area contributed by atoms with Gasteiger partial charge < -0.3 is 15.2 Å². The quantitative estimate of drug-likeness (QED) is 0.559. The number of ether oxygens (including phenoxy) is 1. The van der Waals surface area contributed by atoms with E-state index in [0.29, 0.717) is 11.3 Å². The van der Waals surface area contributed by atoms with Gasteiger partial charge in [0, 0.05) is 16.7 Å². The SMILES string of the molecule is CC(C)c1ccc2c(c1)OC1(O)c3ccccc3C(=O)C21NC(=O)C(=O)CBr. The van der Waals surface area contributed by atoms with Crippen molar-refractivity contribution in [3.8, 4) is 5.75 Å². The Balaban J connectivity index is 1.96. The Morgan fingerprint density at radius 2 is 1.89 bits per heavy atom. The molecule has 2 aromatic rings. The van der Waals surface area contributed by atoms with Gasteiger partial charge in [0.2, 0.25) is 17.1 Å². The lowest BCUT2D eigenvalue weighted by Crippen LogP contribution is -2.61. The van der Waals surface area contributed by atoms with E-state index in [2.05, 4.69) is 21.2 Å². The number of nitrogens with one attached hydrogen (secondary N) is 1. The number of aliphatic hydroxyl groups is 1. The third kappa shape index (κ3) is 2.26. The van der Waals surface area contributed by atoms with Gasteiger partial charge in [-0.2, -0.15) is 0 Å². The summed E-state index contributed by atoms with van der Waals surface area (Å²) in [6, 6.07) is 11.8. The molecule has 1 heterocycles. The summed E-state index contributed by atoms with van der Waals surface area (Å²) in [5.41, 5.74) is -0.127. The maximum atomic E-state index is 13.5. The lowest BCUT2D eigenvalue weighted by atomic mass is 9.82. The molecule has 144 valence electrons. The van der Waals surface area contributed by atoms with Crippen molar-refractivity contribution in [2.45, 2.75) is 31.1 Å². The summed E-state index contributed by atoms with van der Waals surface area (Å²) >= 11 is 2.96. The Labute approximate surface area is 170 Å². The monoisotopic (exact) mass is 443 g/mol. The van der Waals surface area contributed by atoms with Crippen LogP contribution in [0, 0.1) is 0 Å². The summed E-state index contributed by atoms with van der Waals surface area (Å²) in [6.07, 6.45) is 0. The van der Waals surface area contributed by atoms with E-state index in [4.69, 9.17) is 4.74 Å². The van der Waals surface area contributed by atoms with Gasteiger partial charge in [-0.15, -0.1) is 0 Å². The van der Waals surface area contributed by atoms with E-state index in [9.17, 15) is 19.5 Å². The molecule has 0 saturated carbocycles. The van der Waals surface area contributed by atoms with Crippen LogP contribution in [-0.2, 0) is 20.9 Å². The first-order valence-electron chi connectivity index (χ1n) is 8.87. The molecule has 0 bridgehead atoms. The predicted molar refractivity (Wildman–Crippen MR) is 104 cm³/mol. The number of fused-ring (bicyclic) bond motifs is 5. The number of ketones is 2. The van der Waals surface area contributed by atoms with Crippen molar-refractivity contribution in [2.75, 3.05) is 5.33 Å². The topological polar surface area (TPSA) is 92.7 Å². The van der Waals surface area contributed by atoms with Gasteiger partial charge in [-0.3, -0.25) is 14.4 Å². The minimum Gasteiger partial charge on any atom is -0.454 e. The molecule has 7 heteroatoms. The molecule has 4 rings (SSSR count). The average Bonchev–Trinajstić information content (AvgIpc) is 3.04. The zero-order valence-corrected chi connectivity index (χ0v) is 16.9. The molecule has 0 fully saturated rings. The Morgan fingerprint density at radius 3 is 2.57 bits per heavy atom. The number of hydrogen-bond donors (Lipinski definition) is 2. The summed E-state index contributed by atoms with van der Waals surface area (Å²) in [6.45, 7) is 4.03. The van der Waals surface area contributed by atoms with E-state index in [1.807, 2.05) is 19.9 Å². The second kappa shape index (κ2) is 6.25. The van der Waals surface area contributed by atoms with Crippen LogP contribution in [0.4, 0.5) is 0 Å². The number of hydrogen-bond acceptors (Lipinski definition) is 5. The molecule has 2 N–H and O–H groups in total. The molecule has 0 aromatic heterocycles. The number of rotatable bonds is 4. The van der Waals surface area contributed by atoms with E-state index in [0.717, 1.165) is 5.56 Å². The fourth-order valence-corrected chi connectivity index (χ4v) is 4.19. The van der Waals surface area contributed by atoms with E-state index >= 15 is 0 Å². The van der Waals surface area contributed by atoms with Crippen LogP contribution in [-0.4, -0.2) is 27.9 Å². The Bertz CT molecular complexity index is 1030. The summed E-state index contributed by atoms with van der Waals surface area (Å²) in [5.74, 6) is -3.87. The second-order valence-corrected chi connectivity index (χ2v) is 7.85. The zero-order valence-electron chi connectivity index (χ0n) is 15.3. The first-order chi connectivity index (χ1) is 13.3. The van der Waals surface area contributed by atoms with Crippen LogP contribution in [0.1, 0.15) is 46.8 Å². The molecule has 2 atom stereocenters. The van der Waals surface area contributed by atoms with E-state index in [1.165, 1.54) is 0 Å². The maximum absolute atomic E-state index is 13.5.